The number of ether oxygens (including phenoxy) is 1. The number of carbonyl (C=O) groups is 3. The lowest BCUT2D eigenvalue weighted by atomic mass is 9.95. The zero-order chi connectivity index (χ0) is 19.7. The molecule has 7 nitrogen and oxygen atoms in total. The monoisotopic (exact) mass is 379 g/mol. The standard InChI is InChI=1S/C21H21N3O4/c1-28-15-8-6-13(7-9-15)19(25)22-14-10-11-24-18(12-14)20(26)23-17-5-3-2-4-16(17)21(24)27/h2-9,14,18H,10-12H2,1H3,(H,22,25)(H,23,26). The van der Waals surface area contributed by atoms with E-state index < -0.39 is 6.04 Å². The minimum absolute atomic E-state index is 0.154. The van der Waals surface area contributed by atoms with Gasteiger partial charge in [0.15, 0.2) is 0 Å². The molecular weight excluding hydrogens is 358 g/mol. The van der Waals surface area contributed by atoms with Gasteiger partial charge in [-0.15, -0.1) is 0 Å². The summed E-state index contributed by atoms with van der Waals surface area (Å²) in [5, 5.41) is 5.83. The number of nitrogens with zero attached hydrogens (tertiary/aromatic N) is 1. The molecule has 1 saturated heterocycles. The van der Waals surface area contributed by atoms with E-state index in [0.29, 0.717) is 42.0 Å². The summed E-state index contributed by atoms with van der Waals surface area (Å²) in [5.74, 6) is 0.100. The molecule has 2 N–H and O–H groups in total. The first-order valence-corrected chi connectivity index (χ1v) is 9.22. The molecule has 2 aromatic carbocycles. The van der Waals surface area contributed by atoms with Gasteiger partial charge in [-0.05, 0) is 49.2 Å². The van der Waals surface area contributed by atoms with Crippen molar-refractivity contribution in [3.8, 4) is 5.75 Å². The van der Waals surface area contributed by atoms with Crippen LogP contribution in [0.25, 0.3) is 0 Å². The molecule has 2 aliphatic rings. The smallest absolute Gasteiger partial charge is 0.256 e. The summed E-state index contributed by atoms with van der Waals surface area (Å²) in [6, 6.07) is 13.1. The van der Waals surface area contributed by atoms with Crippen LogP contribution in [0.4, 0.5) is 5.69 Å². The second kappa shape index (κ2) is 7.34. The third-order valence-corrected chi connectivity index (χ3v) is 5.27. The van der Waals surface area contributed by atoms with Crippen molar-refractivity contribution in [2.45, 2.75) is 24.9 Å². The molecule has 0 radical (unpaired) electrons. The van der Waals surface area contributed by atoms with Crippen molar-refractivity contribution in [2.24, 2.45) is 0 Å². The van der Waals surface area contributed by atoms with Crippen LogP contribution in [0.3, 0.4) is 0 Å². The molecule has 144 valence electrons. The van der Waals surface area contributed by atoms with Crippen LogP contribution in [0.15, 0.2) is 48.5 Å². The quantitative estimate of drug-likeness (QED) is 0.854. The number of hydrogen-bond donors (Lipinski definition) is 2. The predicted molar refractivity (Wildman–Crippen MR) is 103 cm³/mol. The van der Waals surface area contributed by atoms with Gasteiger partial charge in [-0.3, -0.25) is 14.4 Å². The molecule has 2 aliphatic heterocycles. The Labute approximate surface area is 162 Å². The summed E-state index contributed by atoms with van der Waals surface area (Å²) in [5.41, 5.74) is 1.56. The Bertz CT molecular complexity index is 926. The Balaban J connectivity index is 1.47. The van der Waals surface area contributed by atoms with Crippen molar-refractivity contribution in [1.29, 1.82) is 0 Å². The van der Waals surface area contributed by atoms with Crippen molar-refractivity contribution in [3.05, 3.63) is 59.7 Å². The highest BCUT2D eigenvalue weighted by atomic mass is 16.5. The van der Waals surface area contributed by atoms with Crippen molar-refractivity contribution in [3.63, 3.8) is 0 Å². The van der Waals surface area contributed by atoms with E-state index in [2.05, 4.69) is 10.6 Å². The van der Waals surface area contributed by atoms with Gasteiger partial charge in [0.1, 0.15) is 11.8 Å². The van der Waals surface area contributed by atoms with Crippen LogP contribution < -0.4 is 15.4 Å². The zero-order valence-electron chi connectivity index (χ0n) is 15.5. The number of para-hydroxylation sites is 1. The topological polar surface area (TPSA) is 87.7 Å². The number of nitrogens with one attached hydrogen (secondary N) is 2. The molecule has 2 heterocycles. The molecule has 28 heavy (non-hydrogen) atoms. The molecule has 7 heteroatoms. The number of methoxy groups -OCH3 is 1. The summed E-state index contributed by atoms with van der Waals surface area (Å²) >= 11 is 0. The maximum Gasteiger partial charge on any atom is 0.256 e. The Morgan fingerprint density at radius 2 is 1.89 bits per heavy atom. The molecule has 0 aromatic heterocycles. The highest BCUT2D eigenvalue weighted by Gasteiger charge is 2.40. The SMILES string of the molecule is COc1ccc(C(=O)NC2CCN3C(=O)c4ccccc4NC(=O)C3C2)cc1. The van der Waals surface area contributed by atoms with Gasteiger partial charge in [-0.1, -0.05) is 12.1 Å². The number of piperidine rings is 1. The molecule has 0 spiro atoms. The molecule has 0 aliphatic carbocycles. The summed E-state index contributed by atoms with van der Waals surface area (Å²) in [6.07, 6.45) is 0.979. The molecule has 2 atom stereocenters. The van der Waals surface area contributed by atoms with E-state index in [4.69, 9.17) is 4.74 Å². The normalized spacial score (nSPS) is 21.1. The second-order valence-corrected chi connectivity index (χ2v) is 6.97. The second-order valence-electron chi connectivity index (χ2n) is 6.97. The average molecular weight is 379 g/mol. The molecule has 0 saturated carbocycles. The van der Waals surface area contributed by atoms with E-state index in [-0.39, 0.29) is 23.8 Å². The maximum absolute atomic E-state index is 12.9. The maximum atomic E-state index is 12.9. The van der Waals surface area contributed by atoms with Gasteiger partial charge in [-0.25, -0.2) is 0 Å². The fourth-order valence-corrected chi connectivity index (χ4v) is 3.75. The fourth-order valence-electron chi connectivity index (χ4n) is 3.75. The van der Waals surface area contributed by atoms with Gasteiger partial charge in [0.05, 0.1) is 18.4 Å². The third kappa shape index (κ3) is 3.31. The highest BCUT2D eigenvalue weighted by molar-refractivity contribution is 6.10. The minimum atomic E-state index is -0.602. The molecule has 4 rings (SSSR count). The van der Waals surface area contributed by atoms with Gasteiger partial charge in [-0.2, -0.15) is 0 Å². The predicted octanol–water partition coefficient (Wildman–Crippen LogP) is 2.05. The number of anilines is 1. The molecule has 2 aromatic rings. The number of amides is 3. The summed E-state index contributed by atoms with van der Waals surface area (Å²) < 4.78 is 5.10. The Morgan fingerprint density at radius 3 is 2.64 bits per heavy atom. The van der Waals surface area contributed by atoms with Crippen LogP contribution in [0.5, 0.6) is 5.75 Å². The highest BCUT2D eigenvalue weighted by Crippen LogP contribution is 2.28. The molecule has 3 amide bonds. The lowest BCUT2D eigenvalue weighted by Gasteiger charge is -2.37. The van der Waals surface area contributed by atoms with Crippen molar-refractivity contribution in [1.82, 2.24) is 10.2 Å². The Hall–Kier alpha value is -3.35. The van der Waals surface area contributed by atoms with Crippen molar-refractivity contribution < 1.29 is 19.1 Å². The summed E-state index contributed by atoms with van der Waals surface area (Å²) in [4.78, 5) is 39.7. The summed E-state index contributed by atoms with van der Waals surface area (Å²) in [6.45, 7) is 0.415. The first kappa shape index (κ1) is 18.0. The van der Waals surface area contributed by atoms with E-state index in [1.165, 1.54) is 0 Å². The van der Waals surface area contributed by atoms with Crippen LogP contribution in [-0.4, -0.2) is 48.4 Å². The first-order chi connectivity index (χ1) is 13.6. The third-order valence-electron chi connectivity index (χ3n) is 5.27. The number of rotatable bonds is 3. The van der Waals surface area contributed by atoms with Gasteiger partial charge in [0.2, 0.25) is 5.91 Å². The lowest BCUT2D eigenvalue weighted by molar-refractivity contribution is -0.121. The number of benzene rings is 2. The first-order valence-electron chi connectivity index (χ1n) is 9.22. The van der Waals surface area contributed by atoms with E-state index in [1.807, 2.05) is 0 Å². The van der Waals surface area contributed by atoms with Crippen molar-refractivity contribution in [2.75, 3.05) is 19.0 Å². The molecule has 0 bridgehead atoms. The van der Waals surface area contributed by atoms with Gasteiger partial charge in [0, 0.05) is 18.2 Å². The molecule has 2 unspecified atom stereocenters. The van der Waals surface area contributed by atoms with Crippen LogP contribution >= 0.6 is 0 Å². The van der Waals surface area contributed by atoms with Crippen LogP contribution in [-0.2, 0) is 4.79 Å². The number of fused-ring (bicyclic) bond motifs is 2. The van der Waals surface area contributed by atoms with E-state index in [1.54, 1.807) is 60.5 Å². The average Bonchev–Trinajstić information content (AvgIpc) is 2.83. The van der Waals surface area contributed by atoms with Crippen molar-refractivity contribution >= 4 is 23.4 Å². The van der Waals surface area contributed by atoms with Crippen LogP contribution in [0.2, 0.25) is 0 Å². The minimum Gasteiger partial charge on any atom is -0.497 e. The molecule has 1 fully saturated rings. The Morgan fingerprint density at radius 1 is 1.14 bits per heavy atom. The van der Waals surface area contributed by atoms with E-state index in [0.717, 1.165) is 0 Å². The number of carbonyl (C=O) groups excluding carboxylic acids is 3. The van der Waals surface area contributed by atoms with Gasteiger partial charge >= 0.3 is 0 Å². The van der Waals surface area contributed by atoms with E-state index >= 15 is 0 Å². The fraction of sp³-hybridized carbons (Fsp3) is 0.286. The van der Waals surface area contributed by atoms with Crippen LogP contribution in [0.1, 0.15) is 33.6 Å². The van der Waals surface area contributed by atoms with Crippen LogP contribution in [0, 0.1) is 0 Å². The summed E-state index contributed by atoms with van der Waals surface area (Å²) in [7, 11) is 1.57. The zero-order valence-corrected chi connectivity index (χ0v) is 15.5. The number of hydrogen-bond acceptors (Lipinski definition) is 4. The lowest BCUT2D eigenvalue weighted by Crippen LogP contribution is -2.55. The van der Waals surface area contributed by atoms with Gasteiger partial charge in [0.25, 0.3) is 11.8 Å². The van der Waals surface area contributed by atoms with Gasteiger partial charge < -0.3 is 20.3 Å². The molecular formula is C21H21N3O4. The largest absolute Gasteiger partial charge is 0.497 e. The Kier molecular flexibility index (Phi) is 4.73. The van der Waals surface area contributed by atoms with E-state index in [9.17, 15) is 14.4 Å².